The molecule has 1 rings (SSSR count). The molecule has 1 unspecified atom stereocenters. The third-order valence-electron chi connectivity index (χ3n) is 1.87. The van der Waals surface area contributed by atoms with Gasteiger partial charge in [-0.15, -0.1) is 24.8 Å². The summed E-state index contributed by atoms with van der Waals surface area (Å²) in [5, 5.41) is 8.55. The maximum Gasteiger partial charge on any atom is 0.323 e. The second-order valence-corrected chi connectivity index (χ2v) is 3.03. The van der Waals surface area contributed by atoms with Crippen LogP contribution in [0.5, 0.6) is 0 Å². The van der Waals surface area contributed by atoms with Gasteiger partial charge in [0.1, 0.15) is 6.54 Å². The molecule has 14 heavy (non-hydrogen) atoms. The summed E-state index contributed by atoms with van der Waals surface area (Å²) in [6, 6.07) is 0.186. The minimum atomic E-state index is -0.792. The zero-order valence-corrected chi connectivity index (χ0v) is 9.77. The highest BCUT2D eigenvalue weighted by atomic mass is 35.5. The fourth-order valence-electron chi connectivity index (χ4n) is 1.23. The van der Waals surface area contributed by atoms with Gasteiger partial charge in [0.15, 0.2) is 0 Å². The molecule has 0 saturated carbocycles. The molecule has 5 heteroatoms. The maximum atomic E-state index is 10.4. The highest BCUT2D eigenvalue weighted by Crippen LogP contribution is 2.11. The van der Waals surface area contributed by atoms with E-state index in [2.05, 4.69) is 0 Å². The van der Waals surface area contributed by atoms with E-state index in [0.29, 0.717) is 0 Å². The molecule has 0 spiro atoms. The predicted molar refractivity (Wildman–Crippen MR) is 61.2 cm³/mol. The Bertz CT molecular complexity index is 251. The van der Waals surface area contributed by atoms with Crippen molar-refractivity contribution in [1.29, 1.82) is 0 Å². The van der Waals surface area contributed by atoms with Crippen molar-refractivity contribution >= 4 is 30.8 Å². The summed E-state index contributed by atoms with van der Waals surface area (Å²) < 4.78 is 0. The molecular formula is C9H15Cl2NO2. The number of halogens is 2. The van der Waals surface area contributed by atoms with Gasteiger partial charge < -0.3 is 10.0 Å². The van der Waals surface area contributed by atoms with E-state index in [-0.39, 0.29) is 37.4 Å². The Labute approximate surface area is 96.3 Å². The van der Waals surface area contributed by atoms with Gasteiger partial charge in [-0.3, -0.25) is 4.79 Å². The van der Waals surface area contributed by atoms with Crippen LogP contribution < -0.4 is 0 Å². The lowest BCUT2D eigenvalue weighted by atomic mass is 10.1. The number of nitrogens with zero attached hydrogens (tertiary/aromatic N) is 1. The number of carbonyl (C=O) groups is 1. The van der Waals surface area contributed by atoms with Crippen LogP contribution in [-0.4, -0.2) is 28.6 Å². The molecule has 1 aliphatic rings. The van der Waals surface area contributed by atoms with Gasteiger partial charge in [0.2, 0.25) is 0 Å². The molecule has 0 amide bonds. The van der Waals surface area contributed by atoms with Crippen molar-refractivity contribution in [2.75, 3.05) is 6.54 Å². The Balaban J connectivity index is 0. The number of carboxylic acid groups (broad SMARTS) is 1. The topological polar surface area (TPSA) is 40.5 Å². The molecule has 82 valence electrons. The fraction of sp³-hybridized carbons (Fsp3) is 0.444. The van der Waals surface area contributed by atoms with Crippen LogP contribution in [0.25, 0.3) is 0 Å². The lowest BCUT2D eigenvalue weighted by Gasteiger charge is -2.26. The summed E-state index contributed by atoms with van der Waals surface area (Å²) >= 11 is 0. The minimum absolute atomic E-state index is 0. The summed E-state index contributed by atoms with van der Waals surface area (Å²) in [5.41, 5.74) is 1.18. The Morgan fingerprint density at radius 2 is 2.14 bits per heavy atom. The molecule has 0 radical (unpaired) electrons. The van der Waals surface area contributed by atoms with Gasteiger partial charge in [-0.25, -0.2) is 0 Å². The second-order valence-electron chi connectivity index (χ2n) is 3.03. The molecule has 1 N–H and O–H groups in total. The van der Waals surface area contributed by atoms with Gasteiger partial charge in [0.25, 0.3) is 0 Å². The Morgan fingerprint density at radius 1 is 1.57 bits per heavy atom. The van der Waals surface area contributed by atoms with E-state index in [0.717, 1.165) is 0 Å². The number of allylic oxidation sites excluding steroid dienone is 2. The molecule has 0 aromatic rings. The summed E-state index contributed by atoms with van der Waals surface area (Å²) in [6.07, 6.45) is 5.79. The standard InChI is InChI=1S/C9H13NO2.2ClH/c1-7-3-4-10(6-9(11)12)8(2)5-7;;/h3-5,8H,6H2,1-2H3,(H,11,12);2*1H. The summed E-state index contributed by atoms with van der Waals surface area (Å²) in [4.78, 5) is 12.2. The first-order chi connectivity index (χ1) is 5.59. The monoisotopic (exact) mass is 239 g/mol. The molecule has 1 atom stereocenters. The maximum absolute atomic E-state index is 10.4. The van der Waals surface area contributed by atoms with E-state index in [1.165, 1.54) is 5.57 Å². The number of aliphatic carboxylic acids is 1. The number of carboxylic acids is 1. The first-order valence-corrected chi connectivity index (χ1v) is 3.94. The fourth-order valence-corrected chi connectivity index (χ4v) is 1.23. The average Bonchev–Trinajstić information content (AvgIpc) is 1.94. The van der Waals surface area contributed by atoms with Crippen molar-refractivity contribution < 1.29 is 9.90 Å². The molecule has 0 aromatic carbocycles. The van der Waals surface area contributed by atoms with Gasteiger partial charge in [-0.2, -0.15) is 0 Å². The van der Waals surface area contributed by atoms with Crippen LogP contribution in [0.2, 0.25) is 0 Å². The van der Waals surface area contributed by atoms with E-state index < -0.39 is 5.97 Å². The number of hydrogen-bond acceptors (Lipinski definition) is 2. The van der Waals surface area contributed by atoms with E-state index >= 15 is 0 Å². The summed E-state index contributed by atoms with van der Waals surface area (Å²) in [6.45, 7) is 4.06. The van der Waals surface area contributed by atoms with Crippen LogP contribution in [0, 0.1) is 0 Å². The number of hydrogen-bond donors (Lipinski definition) is 1. The van der Waals surface area contributed by atoms with E-state index in [9.17, 15) is 4.79 Å². The molecule has 1 aliphatic heterocycles. The van der Waals surface area contributed by atoms with E-state index in [1.54, 1.807) is 4.90 Å². The van der Waals surface area contributed by atoms with Gasteiger partial charge in [-0.05, 0) is 19.9 Å². The Kier molecular flexibility index (Phi) is 7.59. The molecular weight excluding hydrogens is 225 g/mol. The van der Waals surface area contributed by atoms with Gasteiger partial charge >= 0.3 is 5.97 Å². The van der Waals surface area contributed by atoms with Gasteiger partial charge in [0, 0.05) is 12.2 Å². The molecule has 3 nitrogen and oxygen atoms in total. The van der Waals surface area contributed by atoms with E-state index in [1.807, 2.05) is 32.2 Å². The van der Waals surface area contributed by atoms with Crippen LogP contribution >= 0.6 is 24.8 Å². The van der Waals surface area contributed by atoms with Crippen molar-refractivity contribution in [2.24, 2.45) is 0 Å². The third kappa shape index (κ3) is 4.53. The zero-order valence-electron chi connectivity index (χ0n) is 8.14. The van der Waals surface area contributed by atoms with Crippen LogP contribution in [0.3, 0.4) is 0 Å². The lowest BCUT2D eigenvalue weighted by molar-refractivity contribution is -0.137. The predicted octanol–water partition coefficient (Wildman–Crippen LogP) is 2.08. The van der Waals surface area contributed by atoms with E-state index in [4.69, 9.17) is 5.11 Å². The average molecular weight is 240 g/mol. The Hall–Kier alpha value is -0.670. The van der Waals surface area contributed by atoms with Crippen molar-refractivity contribution in [1.82, 2.24) is 4.90 Å². The van der Waals surface area contributed by atoms with Gasteiger partial charge in [0.05, 0.1) is 0 Å². The molecule has 0 fully saturated rings. The quantitative estimate of drug-likeness (QED) is 0.803. The highest BCUT2D eigenvalue weighted by molar-refractivity contribution is 5.85. The largest absolute Gasteiger partial charge is 0.480 e. The molecule has 1 heterocycles. The zero-order chi connectivity index (χ0) is 9.14. The first-order valence-electron chi connectivity index (χ1n) is 3.94. The van der Waals surface area contributed by atoms with Crippen molar-refractivity contribution in [3.05, 3.63) is 23.9 Å². The lowest BCUT2D eigenvalue weighted by Crippen LogP contribution is -2.33. The molecule has 0 saturated heterocycles. The smallest absolute Gasteiger partial charge is 0.323 e. The third-order valence-corrected chi connectivity index (χ3v) is 1.87. The van der Waals surface area contributed by atoms with Crippen molar-refractivity contribution in [3.8, 4) is 0 Å². The minimum Gasteiger partial charge on any atom is -0.480 e. The van der Waals surface area contributed by atoms with Crippen LogP contribution in [-0.2, 0) is 4.79 Å². The highest BCUT2D eigenvalue weighted by Gasteiger charge is 2.13. The summed E-state index contributed by atoms with van der Waals surface area (Å²) in [7, 11) is 0. The Morgan fingerprint density at radius 3 is 2.57 bits per heavy atom. The second kappa shape index (κ2) is 6.74. The normalized spacial score (nSPS) is 19.1. The summed E-state index contributed by atoms with van der Waals surface area (Å²) in [5.74, 6) is -0.792. The van der Waals surface area contributed by atoms with Crippen LogP contribution in [0.4, 0.5) is 0 Å². The molecule has 0 aromatic heterocycles. The molecule has 0 bridgehead atoms. The number of rotatable bonds is 2. The SMILES string of the molecule is CC1=CC(C)N(CC(=O)O)C=C1.Cl.Cl. The van der Waals surface area contributed by atoms with Crippen molar-refractivity contribution in [3.63, 3.8) is 0 Å². The molecule has 0 aliphatic carbocycles. The van der Waals surface area contributed by atoms with Crippen LogP contribution in [0.15, 0.2) is 23.9 Å². The van der Waals surface area contributed by atoms with Crippen molar-refractivity contribution in [2.45, 2.75) is 19.9 Å². The van der Waals surface area contributed by atoms with Gasteiger partial charge in [-0.1, -0.05) is 11.6 Å². The first kappa shape index (κ1) is 15.8. The van der Waals surface area contributed by atoms with Crippen LogP contribution in [0.1, 0.15) is 13.8 Å².